The highest BCUT2D eigenvalue weighted by Gasteiger charge is 2.60. The number of hydrogen-bond acceptors (Lipinski definition) is 6. The third-order valence-corrected chi connectivity index (χ3v) is 10.6. The van der Waals surface area contributed by atoms with Crippen molar-refractivity contribution in [2.24, 2.45) is 11.3 Å². The van der Waals surface area contributed by atoms with Crippen molar-refractivity contribution < 1.29 is 31.6 Å². The maximum absolute atomic E-state index is 14.5. The number of rotatable bonds is 8. The van der Waals surface area contributed by atoms with Crippen molar-refractivity contribution in [2.45, 2.75) is 63.1 Å². The summed E-state index contributed by atoms with van der Waals surface area (Å²) in [6, 6.07) is 11.0. The molecule has 234 valence electrons. The highest BCUT2D eigenvalue weighted by atomic mass is 32.2. The fourth-order valence-corrected chi connectivity index (χ4v) is 8.38. The van der Waals surface area contributed by atoms with Gasteiger partial charge in [0.05, 0.1) is 23.7 Å². The number of carbonyl (C=O) groups is 1. The van der Waals surface area contributed by atoms with Gasteiger partial charge in [-0.15, -0.1) is 0 Å². The van der Waals surface area contributed by atoms with Crippen LogP contribution in [0.3, 0.4) is 0 Å². The molecule has 6 atom stereocenters. The second-order valence-corrected chi connectivity index (χ2v) is 13.4. The molecule has 1 aromatic carbocycles. The number of methoxy groups -OCH3 is 1. The molecule has 43 heavy (non-hydrogen) atoms. The predicted octanol–water partition coefficient (Wildman–Crippen LogP) is 2.83. The average molecular weight is 622 g/mol. The Morgan fingerprint density at radius 1 is 1.28 bits per heavy atom. The number of fused-ring (bicyclic) bond motifs is 2. The van der Waals surface area contributed by atoms with Crippen LogP contribution in [0.2, 0.25) is 0 Å². The van der Waals surface area contributed by atoms with Crippen molar-refractivity contribution in [2.75, 3.05) is 40.0 Å². The van der Waals surface area contributed by atoms with Gasteiger partial charge in [-0.1, -0.05) is 30.3 Å². The number of benzene rings is 1. The molecule has 2 N–H and O–H groups in total. The molecule has 2 aromatic rings. The summed E-state index contributed by atoms with van der Waals surface area (Å²) in [6.07, 6.45) is -1.23. The van der Waals surface area contributed by atoms with Crippen LogP contribution in [0.1, 0.15) is 41.6 Å². The largest absolute Gasteiger partial charge is 0.417 e. The minimum atomic E-state index is -4.50. The highest BCUT2D eigenvalue weighted by molar-refractivity contribution is 7.80. The number of ether oxygens (including phenoxy) is 2. The minimum Gasteiger partial charge on any atom is -0.379 e. The van der Waals surface area contributed by atoms with Crippen LogP contribution in [0.15, 0.2) is 42.6 Å². The van der Waals surface area contributed by atoms with Crippen molar-refractivity contribution in [1.29, 1.82) is 0 Å². The molecule has 1 amide bonds. The van der Waals surface area contributed by atoms with Gasteiger partial charge < -0.3 is 19.7 Å². The maximum atomic E-state index is 14.5. The standard InChI is InChI=1S/C30H38F3N5O4S/c1-41-27-18-42-10-8-26(27)36-24-12-23-17-38(43(40)35-14-20-5-3-2-4-6-20)19-29(23,13-24)28(39)37-9-7-25-21(16-37)11-22(15-34-25)30(31,32)33/h2-6,11,15,23-24,26-27,35-36H,7-10,12-14,16-19H2,1H3/t23-,24+,26?,27?,29-,43?/m0/s1. The van der Waals surface area contributed by atoms with Crippen molar-refractivity contribution in [3.05, 3.63) is 65.0 Å². The van der Waals surface area contributed by atoms with Crippen LogP contribution in [0.4, 0.5) is 13.2 Å². The Hall–Kier alpha value is -2.42. The zero-order valence-corrected chi connectivity index (χ0v) is 25.0. The second-order valence-electron chi connectivity index (χ2n) is 12.1. The number of alkyl halides is 3. The van der Waals surface area contributed by atoms with E-state index in [4.69, 9.17) is 9.47 Å². The molecule has 13 heteroatoms. The summed E-state index contributed by atoms with van der Waals surface area (Å²) in [7, 11) is 1.67. The lowest BCUT2D eigenvalue weighted by molar-refractivity contribution is -0.143. The summed E-state index contributed by atoms with van der Waals surface area (Å²) in [5.74, 6) is -0.135. The molecule has 1 aliphatic carbocycles. The SMILES string of the molecule is COC1COCCC1N[C@@H]1C[C@H]2CN(S(=O)NCc3ccccc3)C[C@@]2(C(=O)N2CCc3ncc(C(F)(F)F)cc3C2)C1. The van der Waals surface area contributed by atoms with E-state index in [1.807, 2.05) is 34.6 Å². The molecule has 0 radical (unpaired) electrons. The Morgan fingerprint density at radius 2 is 2.09 bits per heavy atom. The lowest BCUT2D eigenvalue weighted by Gasteiger charge is -2.37. The molecule has 3 aliphatic heterocycles. The predicted molar refractivity (Wildman–Crippen MR) is 153 cm³/mol. The van der Waals surface area contributed by atoms with Crippen LogP contribution in [0.5, 0.6) is 0 Å². The van der Waals surface area contributed by atoms with E-state index >= 15 is 0 Å². The summed E-state index contributed by atoms with van der Waals surface area (Å²) in [4.78, 5) is 20.2. The Balaban J connectivity index is 1.21. The van der Waals surface area contributed by atoms with Gasteiger partial charge in [0.25, 0.3) is 0 Å². The molecule has 0 spiro atoms. The second kappa shape index (κ2) is 12.5. The Morgan fingerprint density at radius 3 is 2.86 bits per heavy atom. The summed E-state index contributed by atoms with van der Waals surface area (Å²) in [5, 5.41) is 3.74. The van der Waals surface area contributed by atoms with Gasteiger partial charge in [0, 0.05) is 76.8 Å². The zero-order valence-electron chi connectivity index (χ0n) is 24.1. The van der Waals surface area contributed by atoms with Crippen LogP contribution in [0.25, 0.3) is 0 Å². The van der Waals surface area contributed by atoms with Crippen LogP contribution >= 0.6 is 0 Å². The molecule has 4 heterocycles. The van der Waals surface area contributed by atoms with E-state index in [1.165, 1.54) is 0 Å². The third kappa shape index (κ3) is 6.38. The zero-order chi connectivity index (χ0) is 30.2. The minimum absolute atomic E-state index is 0.0538. The number of pyridine rings is 1. The molecule has 0 bridgehead atoms. The molecule has 3 fully saturated rings. The van der Waals surface area contributed by atoms with E-state index in [-0.39, 0.29) is 36.6 Å². The topological polar surface area (TPSA) is 96.0 Å². The number of halogens is 3. The molecule has 3 unspecified atom stereocenters. The molecular weight excluding hydrogens is 583 g/mol. The van der Waals surface area contributed by atoms with Crippen molar-refractivity contribution in [1.82, 2.24) is 24.2 Å². The van der Waals surface area contributed by atoms with Gasteiger partial charge in [-0.3, -0.25) is 9.78 Å². The molecular formula is C30H38F3N5O4S. The van der Waals surface area contributed by atoms with Crippen molar-refractivity contribution >= 4 is 17.1 Å². The number of hydrogen-bond donors (Lipinski definition) is 2. The Kier molecular flexibility index (Phi) is 8.91. The molecule has 9 nitrogen and oxygen atoms in total. The van der Waals surface area contributed by atoms with Crippen LogP contribution < -0.4 is 10.0 Å². The fraction of sp³-hybridized carbons (Fsp3) is 0.600. The molecule has 1 saturated carbocycles. The van der Waals surface area contributed by atoms with E-state index < -0.39 is 28.3 Å². The summed E-state index contributed by atoms with van der Waals surface area (Å²) < 4.78 is 69.9. The van der Waals surface area contributed by atoms with Gasteiger partial charge >= 0.3 is 6.18 Å². The van der Waals surface area contributed by atoms with Gasteiger partial charge in [-0.2, -0.15) is 13.2 Å². The van der Waals surface area contributed by atoms with E-state index in [9.17, 15) is 22.2 Å². The van der Waals surface area contributed by atoms with E-state index in [0.717, 1.165) is 30.7 Å². The smallest absolute Gasteiger partial charge is 0.379 e. The Bertz CT molecular complexity index is 1330. The quantitative estimate of drug-likeness (QED) is 0.471. The number of amides is 1. The fourth-order valence-electron chi connectivity index (χ4n) is 7.25. The van der Waals surface area contributed by atoms with Gasteiger partial charge in [-0.05, 0) is 42.4 Å². The van der Waals surface area contributed by atoms with Crippen LogP contribution in [-0.2, 0) is 51.1 Å². The lowest BCUT2D eigenvalue weighted by atomic mass is 9.78. The van der Waals surface area contributed by atoms with Crippen LogP contribution in [-0.4, -0.2) is 82.5 Å². The molecule has 1 aromatic heterocycles. The Labute approximate surface area is 252 Å². The van der Waals surface area contributed by atoms with Gasteiger partial charge in [0.15, 0.2) is 11.2 Å². The number of nitrogens with one attached hydrogen (secondary N) is 2. The van der Waals surface area contributed by atoms with Crippen LogP contribution in [0, 0.1) is 11.3 Å². The molecule has 4 aliphatic rings. The normalized spacial score (nSPS) is 30.2. The number of aromatic nitrogens is 1. The summed E-state index contributed by atoms with van der Waals surface area (Å²) in [5.41, 5.74) is 0.429. The van der Waals surface area contributed by atoms with Crippen molar-refractivity contribution in [3.8, 4) is 0 Å². The first-order valence-corrected chi connectivity index (χ1v) is 15.9. The molecule has 6 rings (SSSR count). The summed E-state index contributed by atoms with van der Waals surface area (Å²) in [6.45, 7) is 2.85. The first-order chi connectivity index (χ1) is 20.7. The van der Waals surface area contributed by atoms with E-state index in [2.05, 4.69) is 15.0 Å². The number of carbonyl (C=O) groups excluding carboxylic acids is 1. The van der Waals surface area contributed by atoms with E-state index in [1.54, 1.807) is 12.0 Å². The van der Waals surface area contributed by atoms with Crippen molar-refractivity contribution in [3.63, 3.8) is 0 Å². The molecule has 2 saturated heterocycles. The van der Waals surface area contributed by atoms with Gasteiger partial charge in [0.2, 0.25) is 5.91 Å². The number of nitrogens with zero attached hydrogens (tertiary/aromatic N) is 3. The summed E-state index contributed by atoms with van der Waals surface area (Å²) >= 11 is -1.51. The average Bonchev–Trinajstić information content (AvgIpc) is 3.54. The third-order valence-electron chi connectivity index (χ3n) is 9.46. The first kappa shape index (κ1) is 30.6. The maximum Gasteiger partial charge on any atom is 0.417 e. The van der Waals surface area contributed by atoms with Gasteiger partial charge in [-0.25, -0.2) is 13.2 Å². The highest BCUT2D eigenvalue weighted by Crippen LogP contribution is 2.51. The monoisotopic (exact) mass is 621 g/mol. The van der Waals surface area contributed by atoms with E-state index in [0.29, 0.717) is 63.5 Å². The van der Waals surface area contributed by atoms with Gasteiger partial charge in [0.1, 0.15) is 0 Å². The lowest BCUT2D eigenvalue weighted by Crippen LogP contribution is -2.52. The first-order valence-electron chi connectivity index (χ1n) is 14.8.